The molecular formula is C10H15ClN2O. The lowest BCUT2D eigenvalue weighted by molar-refractivity contribution is 0.179. The minimum absolute atomic E-state index is 0.0440. The van der Waals surface area contributed by atoms with Crippen LogP contribution in [-0.4, -0.2) is 35.4 Å². The molecule has 1 saturated heterocycles. The molecule has 0 saturated carbocycles. The first-order chi connectivity index (χ1) is 6.83. The van der Waals surface area contributed by atoms with Crippen molar-refractivity contribution in [2.24, 2.45) is 0 Å². The molecule has 2 rings (SSSR count). The number of carbonyl (C=O) groups excluding carboxylic acids is 1. The van der Waals surface area contributed by atoms with E-state index in [-0.39, 0.29) is 6.03 Å². The van der Waals surface area contributed by atoms with Gasteiger partial charge in [0.25, 0.3) is 0 Å². The number of amides is 2. The van der Waals surface area contributed by atoms with E-state index in [1.807, 2.05) is 4.90 Å². The quantitative estimate of drug-likeness (QED) is 0.551. The van der Waals surface area contributed by atoms with Crippen LogP contribution >= 0.6 is 11.6 Å². The second-order valence-corrected chi connectivity index (χ2v) is 4.17. The first-order valence-electron chi connectivity index (χ1n) is 5.11. The third-order valence-electron chi connectivity index (χ3n) is 2.92. The lowest BCUT2D eigenvalue weighted by Gasteiger charge is -2.31. The van der Waals surface area contributed by atoms with Crippen LogP contribution in [0.3, 0.4) is 0 Å². The van der Waals surface area contributed by atoms with E-state index >= 15 is 0 Å². The Balaban J connectivity index is 1.97. The number of nitrogens with one attached hydrogen (secondary N) is 1. The van der Waals surface area contributed by atoms with Gasteiger partial charge in [-0.25, -0.2) is 4.79 Å². The molecule has 2 amide bonds. The van der Waals surface area contributed by atoms with E-state index in [1.54, 1.807) is 0 Å². The molecule has 2 atom stereocenters. The van der Waals surface area contributed by atoms with Crippen molar-refractivity contribution in [3.63, 3.8) is 0 Å². The fraction of sp³-hybridized carbons (Fsp3) is 0.700. The maximum atomic E-state index is 11.7. The van der Waals surface area contributed by atoms with Crippen molar-refractivity contribution in [2.45, 2.75) is 31.3 Å². The summed E-state index contributed by atoms with van der Waals surface area (Å²) < 4.78 is 0. The number of alkyl halides is 1. The zero-order valence-corrected chi connectivity index (χ0v) is 8.83. The highest BCUT2D eigenvalue weighted by Crippen LogP contribution is 2.31. The average Bonchev–Trinajstić information content (AvgIpc) is 2.45. The van der Waals surface area contributed by atoms with E-state index < -0.39 is 0 Å². The Hall–Kier alpha value is -0.700. The van der Waals surface area contributed by atoms with Gasteiger partial charge >= 0.3 is 6.03 Å². The van der Waals surface area contributed by atoms with Crippen LogP contribution in [0.5, 0.6) is 0 Å². The highest BCUT2D eigenvalue weighted by Gasteiger charge is 2.36. The number of halogens is 1. The molecule has 0 aromatic rings. The summed E-state index contributed by atoms with van der Waals surface area (Å²) in [5, 5.41) is 2.82. The number of fused-ring (bicyclic) bond motifs is 2. The maximum absolute atomic E-state index is 11.7. The fourth-order valence-electron chi connectivity index (χ4n) is 2.29. The van der Waals surface area contributed by atoms with Crippen molar-refractivity contribution in [1.82, 2.24) is 10.2 Å². The lowest BCUT2D eigenvalue weighted by Crippen LogP contribution is -2.48. The smallest absolute Gasteiger partial charge is 0.318 e. The largest absolute Gasteiger partial charge is 0.337 e. The van der Waals surface area contributed by atoms with E-state index in [2.05, 4.69) is 17.5 Å². The third-order valence-corrected chi connectivity index (χ3v) is 3.11. The summed E-state index contributed by atoms with van der Waals surface area (Å²) in [5.41, 5.74) is 0. The monoisotopic (exact) mass is 214 g/mol. The number of hydrogen-bond acceptors (Lipinski definition) is 1. The van der Waals surface area contributed by atoms with E-state index in [0.29, 0.717) is 24.5 Å². The van der Waals surface area contributed by atoms with Gasteiger partial charge in [0, 0.05) is 18.5 Å². The third kappa shape index (κ3) is 1.73. The average molecular weight is 215 g/mol. The van der Waals surface area contributed by atoms with Crippen LogP contribution in [0.15, 0.2) is 12.2 Å². The van der Waals surface area contributed by atoms with Crippen LogP contribution in [0.4, 0.5) is 4.79 Å². The topological polar surface area (TPSA) is 32.3 Å². The zero-order chi connectivity index (χ0) is 9.97. The van der Waals surface area contributed by atoms with E-state index in [1.165, 1.54) is 0 Å². The Kier molecular flexibility index (Phi) is 2.96. The summed E-state index contributed by atoms with van der Waals surface area (Å²) in [6, 6.07) is 0.784. The van der Waals surface area contributed by atoms with Crippen LogP contribution in [0.25, 0.3) is 0 Å². The van der Waals surface area contributed by atoms with E-state index in [9.17, 15) is 4.79 Å². The standard InChI is InChI=1S/C10H15ClN2O/c11-6-7-12-10(14)13-8-2-1-3-9(13)5-4-8/h1-2,8-9H,3-7H2,(H,12,14). The Morgan fingerprint density at radius 1 is 1.57 bits per heavy atom. The van der Waals surface area contributed by atoms with Gasteiger partial charge < -0.3 is 10.2 Å². The second kappa shape index (κ2) is 4.22. The molecule has 2 bridgehead atoms. The molecule has 0 aromatic heterocycles. The summed E-state index contributed by atoms with van der Waals surface area (Å²) >= 11 is 5.53. The maximum Gasteiger partial charge on any atom is 0.318 e. The van der Waals surface area contributed by atoms with Crippen LogP contribution < -0.4 is 5.32 Å². The normalized spacial score (nSPS) is 29.4. The SMILES string of the molecule is O=C(NCCCl)N1C2C=CCC1CC2. The summed E-state index contributed by atoms with van der Waals surface area (Å²) in [6.45, 7) is 0.556. The van der Waals surface area contributed by atoms with Gasteiger partial charge in [0.2, 0.25) is 0 Å². The summed E-state index contributed by atoms with van der Waals surface area (Å²) in [4.78, 5) is 13.7. The molecular weight excluding hydrogens is 200 g/mol. The van der Waals surface area contributed by atoms with Crippen molar-refractivity contribution in [2.75, 3.05) is 12.4 Å². The van der Waals surface area contributed by atoms with Crippen LogP contribution in [0.2, 0.25) is 0 Å². The summed E-state index contributed by atoms with van der Waals surface area (Å²) in [5.74, 6) is 0.477. The summed E-state index contributed by atoms with van der Waals surface area (Å²) in [7, 11) is 0. The van der Waals surface area contributed by atoms with Crippen molar-refractivity contribution in [3.8, 4) is 0 Å². The van der Waals surface area contributed by atoms with Gasteiger partial charge in [-0.2, -0.15) is 0 Å². The molecule has 0 radical (unpaired) electrons. The zero-order valence-electron chi connectivity index (χ0n) is 8.08. The molecule has 14 heavy (non-hydrogen) atoms. The Bertz CT molecular complexity index is 255. The van der Waals surface area contributed by atoms with Crippen LogP contribution in [0.1, 0.15) is 19.3 Å². The van der Waals surface area contributed by atoms with Gasteiger partial charge in [0.05, 0.1) is 6.04 Å². The molecule has 3 nitrogen and oxygen atoms in total. The molecule has 4 heteroatoms. The molecule has 1 N–H and O–H groups in total. The van der Waals surface area contributed by atoms with Gasteiger partial charge in [0.15, 0.2) is 0 Å². The fourth-order valence-corrected chi connectivity index (χ4v) is 2.38. The highest BCUT2D eigenvalue weighted by atomic mass is 35.5. The summed E-state index contributed by atoms with van der Waals surface area (Å²) in [6.07, 6.45) is 7.57. The predicted molar refractivity (Wildman–Crippen MR) is 56.5 cm³/mol. The first-order valence-corrected chi connectivity index (χ1v) is 5.65. The molecule has 2 aliphatic heterocycles. The van der Waals surface area contributed by atoms with Crippen molar-refractivity contribution in [3.05, 3.63) is 12.2 Å². The molecule has 0 aromatic carbocycles. The number of rotatable bonds is 2. The number of nitrogens with zero attached hydrogens (tertiary/aromatic N) is 1. The lowest BCUT2D eigenvalue weighted by atomic mass is 10.1. The number of hydrogen-bond donors (Lipinski definition) is 1. The molecule has 2 heterocycles. The highest BCUT2D eigenvalue weighted by molar-refractivity contribution is 6.18. The van der Waals surface area contributed by atoms with Gasteiger partial charge in [0.1, 0.15) is 0 Å². The molecule has 1 fully saturated rings. The van der Waals surface area contributed by atoms with Crippen molar-refractivity contribution < 1.29 is 4.79 Å². The van der Waals surface area contributed by atoms with Crippen molar-refractivity contribution >= 4 is 17.6 Å². The van der Waals surface area contributed by atoms with E-state index in [0.717, 1.165) is 19.3 Å². The Morgan fingerprint density at radius 2 is 2.43 bits per heavy atom. The number of carbonyl (C=O) groups is 1. The molecule has 2 aliphatic rings. The molecule has 2 unspecified atom stereocenters. The Labute approximate surface area is 89.1 Å². The van der Waals surface area contributed by atoms with Crippen LogP contribution in [-0.2, 0) is 0 Å². The molecule has 0 aliphatic carbocycles. The van der Waals surface area contributed by atoms with Gasteiger partial charge in [-0.3, -0.25) is 0 Å². The minimum atomic E-state index is 0.0440. The molecule has 78 valence electrons. The van der Waals surface area contributed by atoms with Crippen molar-refractivity contribution in [1.29, 1.82) is 0 Å². The molecule has 0 spiro atoms. The van der Waals surface area contributed by atoms with Gasteiger partial charge in [-0.05, 0) is 19.3 Å². The van der Waals surface area contributed by atoms with Gasteiger partial charge in [-0.15, -0.1) is 11.6 Å². The second-order valence-electron chi connectivity index (χ2n) is 3.79. The first kappa shape index (κ1) is 9.84. The van der Waals surface area contributed by atoms with Gasteiger partial charge in [-0.1, -0.05) is 12.2 Å². The number of urea groups is 1. The minimum Gasteiger partial charge on any atom is -0.337 e. The van der Waals surface area contributed by atoms with Crippen LogP contribution in [0, 0.1) is 0 Å². The van der Waals surface area contributed by atoms with E-state index in [4.69, 9.17) is 11.6 Å². The predicted octanol–water partition coefficient (Wildman–Crippen LogP) is 1.73. The Morgan fingerprint density at radius 3 is 3.14 bits per heavy atom.